The highest BCUT2D eigenvalue weighted by Crippen LogP contribution is 2.34. The van der Waals surface area contributed by atoms with Crippen molar-refractivity contribution in [3.63, 3.8) is 0 Å². The molecular formula is C10H16BrNO2S2. The summed E-state index contributed by atoms with van der Waals surface area (Å²) in [6, 6.07) is 2.31. The molecule has 0 aromatic carbocycles. The zero-order chi connectivity index (χ0) is 12.1. The summed E-state index contributed by atoms with van der Waals surface area (Å²) >= 11 is 5.05. The lowest BCUT2D eigenvalue weighted by Crippen LogP contribution is -2.30. The lowest BCUT2D eigenvalue weighted by Gasteiger charge is -2.10. The predicted octanol–water partition coefficient (Wildman–Crippen LogP) is 2.38. The fraction of sp³-hybridized carbons (Fsp3) is 0.600. The molecule has 0 bridgehead atoms. The molecule has 1 N–H and O–H groups in total. The van der Waals surface area contributed by atoms with Crippen LogP contribution in [0.4, 0.5) is 0 Å². The Morgan fingerprint density at radius 3 is 2.88 bits per heavy atom. The molecule has 0 aliphatic carbocycles. The highest BCUT2D eigenvalue weighted by molar-refractivity contribution is 9.10. The topological polar surface area (TPSA) is 38.3 Å². The van der Waals surface area contributed by atoms with Gasteiger partial charge in [0.1, 0.15) is 0 Å². The Bertz CT molecular complexity index is 368. The molecule has 0 aliphatic rings. The molecule has 16 heavy (non-hydrogen) atoms. The third-order valence-corrected chi connectivity index (χ3v) is 4.92. The van der Waals surface area contributed by atoms with Gasteiger partial charge < -0.3 is 10.1 Å². The van der Waals surface area contributed by atoms with Crippen LogP contribution in [-0.2, 0) is 17.3 Å². The molecule has 1 rings (SSSR count). The van der Waals surface area contributed by atoms with Crippen molar-refractivity contribution in [2.45, 2.75) is 19.5 Å². The van der Waals surface area contributed by atoms with Crippen LogP contribution in [0.25, 0.3) is 0 Å². The molecule has 0 fully saturated rings. The lowest BCUT2D eigenvalue weighted by atomic mass is 10.3. The number of thiophene rings is 1. The van der Waals surface area contributed by atoms with Crippen LogP contribution in [0.2, 0.25) is 0 Å². The first kappa shape index (κ1) is 14.2. The summed E-state index contributed by atoms with van der Waals surface area (Å²) in [7, 11) is 0.916. The van der Waals surface area contributed by atoms with E-state index in [1.54, 1.807) is 24.7 Å². The average Bonchev–Trinajstić information content (AvgIpc) is 2.55. The molecule has 0 saturated heterocycles. The van der Waals surface area contributed by atoms with Gasteiger partial charge in [-0.05, 0) is 28.9 Å². The van der Waals surface area contributed by atoms with Crippen LogP contribution >= 0.6 is 27.3 Å². The minimum atomic E-state index is -0.747. The maximum Gasteiger partial charge on any atom is 0.188 e. The van der Waals surface area contributed by atoms with Crippen molar-refractivity contribution in [1.29, 1.82) is 0 Å². The van der Waals surface area contributed by atoms with Crippen molar-refractivity contribution < 1.29 is 8.95 Å². The quantitative estimate of drug-likeness (QED) is 0.872. The first-order chi connectivity index (χ1) is 7.52. The second-order valence-corrected chi connectivity index (χ2v) is 7.01. The van der Waals surface area contributed by atoms with Crippen LogP contribution < -0.4 is 10.1 Å². The maximum atomic E-state index is 11.0. The highest BCUT2D eigenvalue weighted by Gasteiger charge is 2.08. The number of rotatable bonds is 6. The summed E-state index contributed by atoms with van der Waals surface area (Å²) in [5.41, 5.74) is 0. The molecule has 0 saturated carbocycles. The monoisotopic (exact) mass is 325 g/mol. The fourth-order valence-corrected chi connectivity index (χ4v) is 3.77. The third kappa shape index (κ3) is 4.53. The Hall–Kier alpha value is 0.0900. The second kappa shape index (κ2) is 6.74. The molecule has 6 heteroatoms. The number of hydrogen-bond acceptors (Lipinski definition) is 4. The molecule has 0 aliphatic heterocycles. The zero-order valence-corrected chi connectivity index (χ0v) is 12.8. The highest BCUT2D eigenvalue weighted by atomic mass is 79.9. The molecule has 2 atom stereocenters. The van der Waals surface area contributed by atoms with Gasteiger partial charge in [-0.15, -0.1) is 11.3 Å². The molecule has 0 radical (unpaired) electrons. The van der Waals surface area contributed by atoms with Gasteiger partial charge in [-0.2, -0.15) is 0 Å². The molecule has 2 unspecified atom stereocenters. The zero-order valence-electron chi connectivity index (χ0n) is 9.58. The minimum Gasteiger partial charge on any atom is -0.486 e. The first-order valence-corrected chi connectivity index (χ1v) is 8.22. The predicted molar refractivity (Wildman–Crippen MR) is 73.8 cm³/mol. The second-order valence-electron chi connectivity index (χ2n) is 3.57. The Morgan fingerprint density at radius 2 is 2.38 bits per heavy atom. The molecule has 1 heterocycles. The number of halogens is 1. The van der Waals surface area contributed by atoms with Crippen molar-refractivity contribution in [3.05, 3.63) is 15.4 Å². The van der Waals surface area contributed by atoms with E-state index in [0.29, 0.717) is 5.75 Å². The number of nitrogens with one attached hydrogen (secondary N) is 1. The molecule has 0 amide bonds. The van der Waals surface area contributed by atoms with Gasteiger partial charge in [-0.25, -0.2) is 0 Å². The Kier molecular flexibility index (Phi) is 5.96. The molecule has 92 valence electrons. The van der Waals surface area contributed by atoms with E-state index in [2.05, 4.69) is 21.2 Å². The van der Waals surface area contributed by atoms with E-state index in [1.165, 1.54) is 4.88 Å². The van der Waals surface area contributed by atoms with E-state index in [0.717, 1.165) is 16.1 Å². The van der Waals surface area contributed by atoms with Crippen LogP contribution in [-0.4, -0.2) is 29.4 Å². The van der Waals surface area contributed by atoms with Crippen LogP contribution in [0.1, 0.15) is 11.8 Å². The van der Waals surface area contributed by atoms with E-state index in [9.17, 15) is 4.21 Å². The van der Waals surface area contributed by atoms with Crippen LogP contribution in [0.3, 0.4) is 0 Å². The van der Waals surface area contributed by atoms with Crippen molar-refractivity contribution in [2.24, 2.45) is 0 Å². The van der Waals surface area contributed by atoms with Crippen LogP contribution in [0, 0.1) is 0 Å². The number of hydrogen-bond donors (Lipinski definition) is 1. The first-order valence-electron chi connectivity index (χ1n) is 4.88. The van der Waals surface area contributed by atoms with E-state index in [4.69, 9.17) is 4.74 Å². The van der Waals surface area contributed by atoms with Crippen LogP contribution in [0.15, 0.2) is 10.5 Å². The number of ether oxygens (including phenoxy) is 1. The Labute approximate surface area is 111 Å². The minimum absolute atomic E-state index is 0.262. The Morgan fingerprint density at radius 1 is 1.69 bits per heavy atom. The summed E-state index contributed by atoms with van der Waals surface area (Å²) in [5, 5.41) is 4.23. The van der Waals surface area contributed by atoms with Gasteiger partial charge in [0.25, 0.3) is 0 Å². The SMILES string of the molecule is COc1sc(CNC(C)CS(C)=O)cc1Br. The molecular weight excluding hydrogens is 310 g/mol. The van der Waals surface area contributed by atoms with Gasteiger partial charge in [0.2, 0.25) is 0 Å². The Balaban J connectivity index is 2.45. The normalized spacial score (nSPS) is 14.8. The smallest absolute Gasteiger partial charge is 0.188 e. The summed E-state index contributed by atoms with van der Waals surface area (Å²) in [6.07, 6.45) is 1.73. The fourth-order valence-electron chi connectivity index (χ4n) is 1.31. The summed E-state index contributed by atoms with van der Waals surface area (Å²) in [5.74, 6) is 0.684. The standard InChI is InChI=1S/C10H16BrNO2S2/c1-7(6-16(3)13)12-5-8-4-9(11)10(14-2)15-8/h4,7,12H,5-6H2,1-3H3. The molecule has 1 aromatic heterocycles. The van der Waals surface area contributed by atoms with E-state index < -0.39 is 10.8 Å². The molecule has 0 spiro atoms. The summed E-state index contributed by atoms with van der Waals surface area (Å²) in [6.45, 7) is 2.83. The van der Waals surface area contributed by atoms with Gasteiger partial charge in [0.05, 0.1) is 11.6 Å². The van der Waals surface area contributed by atoms with Gasteiger partial charge in [-0.1, -0.05) is 0 Å². The van der Waals surface area contributed by atoms with Gasteiger partial charge in [-0.3, -0.25) is 4.21 Å². The lowest BCUT2D eigenvalue weighted by molar-refractivity contribution is 0.425. The van der Waals surface area contributed by atoms with Gasteiger partial charge >= 0.3 is 0 Å². The van der Waals surface area contributed by atoms with Crippen molar-refractivity contribution in [2.75, 3.05) is 19.1 Å². The van der Waals surface area contributed by atoms with Crippen molar-refractivity contribution >= 4 is 38.1 Å². The average molecular weight is 326 g/mol. The number of methoxy groups -OCH3 is 1. The van der Waals surface area contributed by atoms with E-state index >= 15 is 0 Å². The van der Waals surface area contributed by atoms with Gasteiger partial charge in [0.15, 0.2) is 5.06 Å². The van der Waals surface area contributed by atoms with Gasteiger partial charge in [0, 0.05) is 40.3 Å². The van der Waals surface area contributed by atoms with Crippen molar-refractivity contribution in [3.8, 4) is 5.06 Å². The van der Waals surface area contributed by atoms with E-state index in [1.807, 2.05) is 13.0 Å². The largest absolute Gasteiger partial charge is 0.486 e. The summed E-state index contributed by atoms with van der Waals surface area (Å²) in [4.78, 5) is 1.21. The summed E-state index contributed by atoms with van der Waals surface area (Å²) < 4.78 is 17.2. The third-order valence-electron chi connectivity index (χ3n) is 2.00. The van der Waals surface area contributed by atoms with Crippen molar-refractivity contribution in [1.82, 2.24) is 5.32 Å². The van der Waals surface area contributed by atoms with Crippen LogP contribution in [0.5, 0.6) is 5.06 Å². The molecule has 3 nitrogen and oxygen atoms in total. The molecule has 1 aromatic rings. The van der Waals surface area contributed by atoms with E-state index in [-0.39, 0.29) is 6.04 Å². The maximum absolute atomic E-state index is 11.0.